The molecule has 1 heterocycles. The maximum absolute atomic E-state index is 12.6. The van der Waals surface area contributed by atoms with Crippen LogP contribution in [-0.4, -0.2) is 17.9 Å². The average molecular weight is 359 g/mol. The van der Waals surface area contributed by atoms with Crippen molar-refractivity contribution in [3.63, 3.8) is 0 Å². The monoisotopic (exact) mass is 359 g/mol. The van der Waals surface area contributed by atoms with Gasteiger partial charge in [-0.15, -0.1) is 0 Å². The maximum atomic E-state index is 12.6. The predicted octanol–water partition coefficient (Wildman–Crippen LogP) is 5.40. The molecule has 0 spiro atoms. The van der Waals surface area contributed by atoms with E-state index in [4.69, 9.17) is 0 Å². The fourth-order valence-electron chi connectivity index (χ4n) is 2.79. The van der Waals surface area contributed by atoms with Crippen LogP contribution < -0.4 is 10.2 Å². The first-order chi connectivity index (χ1) is 12.8. The molecule has 0 bridgehead atoms. The molecule has 138 valence electrons. The average Bonchev–Trinajstić information content (AvgIpc) is 2.68. The molecule has 3 aromatic rings. The highest BCUT2D eigenvalue weighted by Crippen LogP contribution is 2.25. The number of aromatic nitrogens is 1. The van der Waals surface area contributed by atoms with Gasteiger partial charge in [0.1, 0.15) is 0 Å². The second kappa shape index (κ2) is 7.62. The van der Waals surface area contributed by atoms with Crippen molar-refractivity contribution in [3.8, 4) is 0 Å². The Morgan fingerprint density at radius 1 is 0.926 bits per heavy atom. The molecule has 2 aromatic carbocycles. The lowest BCUT2D eigenvalue weighted by Crippen LogP contribution is -2.15. The number of rotatable bonds is 4. The molecule has 0 saturated heterocycles. The van der Waals surface area contributed by atoms with Gasteiger partial charge < -0.3 is 10.2 Å². The number of amides is 1. The summed E-state index contributed by atoms with van der Waals surface area (Å²) in [5, 5.41) is 2.95. The van der Waals surface area contributed by atoms with Crippen LogP contribution in [0.5, 0.6) is 0 Å². The van der Waals surface area contributed by atoms with E-state index in [0.717, 1.165) is 17.1 Å². The highest BCUT2D eigenvalue weighted by molar-refractivity contribution is 6.04. The SMILES string of the molecule is CN(c1ccccc1)c1cncc(C(=O)Nc2ccc(C(C)(C)C)cc2)c1. The zero-order valence-corrected chi connectivity index (χ0v) is 16.2. The van der Waals surface area contributed by atoms with Crippen LogP contribution in [0.1, 0.15) is 36.7 Å². The highest BCUT2D eigenvalue weighted by atomic mass is 16.1. The van der Waals surface area contributed by atoms with Crippen LogP contribution in [0.25, 0.3) is 0 Å². The van der Waals surface area contributed by atoms with Crippen LogP contribution in [0, 0.1) is 0 Å². The standard InChI is InChI=1S/C23H25N3O/c1-23(2,3)18-10-12-19(13-11-18)25-22(27)17-14-21(16-24-15-17)26(4)20-8-6-5-7-9-20/h5-16H,1-4H3,(H,25,27). The lowest BCUT2D eigenvalue weighted by Gasteiger charge is -2.20. The molecule has 0 fully saturated rings. The Kier molecular flexibility index (Phi) is 5.26. The van der Waals surface area contributed by atoms with E-state index in [9.17, 15) is 4.79 Å². The van der Waals surface area contributed by atoms with Crippen molar-refractivity contribution in [2.75, 3.05) is 17.3 Å². The third-order valence-corrected chi connectivity index (χ3v) is 4.53. The smallest absolute Gasteiger partial charge is 0.257 e. The van der Waals surface area contributed by atoms with Crippen LogP contribution in [0.4, 0.5) is 17.1 Å². The van der Waals surface area contributed by atoms with Crippen molar-refractivity contribution < 1.29 is 4.79 Å². The highest BCUT2D eigenvalue weighted by Gasteiger charge is 2.14. The molecule has 1 aromatic heterocycles. The molecule has 0 aliphatic carbocycles. The van der Waals surface area contributed by atoms with E-state index in [1.165, 1.54) is 5.56 Å². The Morgan fingerprint density at radius 2 is 1.59 bits per heavy atom. The summed E-state index contributed by atoms with van der Waals surface area (Å²) < 4.78 is 0. The first-order valence-electron chi connectivity index (χ1n) is 9.00. The molecule has 4 nitrogen and oxygen atoms in total. The fraction of sp³-hybridized carbons (Fsp3) is 0.217. The van der Waals surface area contributed by atoms with Gasteiger partial charge in [-0.2, -0.15) is 0 Å². The normalized spacial score (nSPS) is 11.1. The van der Waals surface area contributed by atoms with Crippen LogP contribution in [-0.2, 0) is 5.41 Å². The number of para-hydroxylation sites is 1. The third-order valence-electron chi connectivity index (χ3n) is 4.53. The van der Waals surface area contributed by atoms with Gasteiger partial charge in [-0.25, -0.2) is 0 Å². The van der Waals surface area contributed by atoms with Crippen LogP contribution in [0.3, 0.4) is 0 Å². The van der Waals surface area contributed by atoms with Gasteiger partial charge in [0.2, 0.25) is 0 Å². The summed E-state index contributed by atoms with van der Waals surface area (Å²) >= 11 is 0. The first kappa shape index (κ1) is 18.6. The van der Waals surface area contributed by atoms with E-state index in [1.807, 2.05) is 72.6 Å². The number of hydrogen-bond donors (Lipinski definition) is 1. The summed E-state index contributed by atoms with van der Waals surface area (Å²) in [4.78, 5) is 18.9. The molecule has 0 radical (unpaired) electrons. The number of nitrogens with one attached hydrogen (secondary N) is 1. The largest absolute Gasteiger partial charge is 0.343 e. The van der Waals surface area contributed by atoms with Gasteiger partial charge in [-0.05, 0) is 41.3 Å². The Bertz CT molecular complexity index is 912. The molecule has 27 heavy (non-hydrogen) atoms. The van der Waals surface area contributed by atoms with Crippen LogP contribution >= 0.6 is 0 Å². The molecule has 0 aliphatic rings. The van der Waals surface area contributed by atoms with Crippen molar-refractivity contribution in [1.82, 2.24) is 4.98 Å². The lowest BCUT2D eigenvalue weighted by atomic mass is 9.87. The molecular formula is C23H25N3O. The van der Waals surface area contributed by atoms with Gasteiger partial charge in [0.25, 0.3) is 5.91 Å². The van der Waals surface area contributed by atoms with Gasteiger partial charge >= 0.3 is 0 Å². The van der Waals surface area contributed by atoms with E-state index in [2.05, 4.69) is 31.1 Å². The minimum absolute atomic E-state index is 0.0861. The minimum Gasteiger partial charge on any atom is -0.343 e. The fourth-order valence-corrected chi connectivity index (χ4v) is 2.79. The summed E-state index contributed by atoms with van der Waals surface area (Å²) in [5.74, 6) is -0.172. The minimum atomic E-state index is -0.172. The van der Waals surface area contributed by atoms with Crippen molar-refractivity contribution in [2.45, 2.75) is 26.2 Å². The van der Waals surface area contributed by atoms with Gasteiger partial charge in [0.15, 0.2) is 0 Å². The molecule has 0 saturated carbocycles. The molecule has 0 unspecified atom stereocenters. The first-order valence-corrected chi connectivity index (χ1v) is 9.00. The van der Waals surface area contributed by atoms with Crippen LogP contribution in [0.15, 0.2) is 73.1 Å². The van der Waals surface area contributed by atoms with E-state index in [0.29, 0.717) is 5.56 Å². The number of hydrogen-bond acceptors (Lipinski definition) is 3. The summed E-state index contributed by atoms with van der Waals surface area (Å²) in [6.07, 6.45) is 3.34. The molecular weight excluding hydrogens is 334 g/mol. The maximum Gasteiger partial charge on any atom is 0.257 e. The summed E-state index contributed by atoms with van der Waals surface area (Å²) in [7, 11) is 1.96. The van der Waals surface area contributed by atoms with E-state index >= 15 is 0 Å². The number of carbonyl (C=O) groups excluding carboxylic acids is 1. The summed E-state index contributed by atoms with van der Waals surface area (Å²) in [6.45, 7) is 6.50. The number of anilines is 3. The Hall–Kier alpha value is -3.14. The Morgan fingerprint density at radius 3 is 2.22 bits per heavy atom. The van der Waals surface area contributed by atoms with Crippen LogP contribution in [0.2, 0.25) is 0 Å². The number of carbonyl (C=O) groups is 1. The van der Waals surface area contributed by atoms with E-state index < -0.39 is 0 Å². The predicted molar refractivity (Wildman–Crippen MR) is 112 cm³/mol. The lowest BCUT2D eigenvalue weighted by molar-refractivity contribution is 0.102. The Balaban J connectivity index is 1.76. The molecule has 1 N–H and O–H groups in total. The van der Waals surface area contributed by atoms with E-state index in [-0.39, 0.29) is 11.3 Å². The second-order valence-electron chi connectivity index (χ2n) is 7.61. The molecule has 4 heteroatoms. The summed E-state index contributed by atoms with van der Waals surface area (Å²) in [6, 6.07) is 19.8. The van der Waals surface area contributed by atoms with Gasteiger partial charge in [-0.3, -0.25) is 9.78 Å². The molecule has 0 atom stereocenters. The van der Waals surface area contributed by atoms with Gasteiger partial charge in [0, 0.05) is 24.6 Å². The second-order valence-corrected chi connectivity index (χ2v) is 7.61. The molecule has 0 aliphatic heterocycles. The van der Waals surface area contributed by atoms with E-state index in [1.54, 1.807) is 12.4 Å². The quantitative estimate of drug-likeness (QED) is 0.678. The van der Waals surface area contributed by atoms with Gasteiger partial charge in [0.05, 0.1) is 17.4 Å². The van der Waals surface area contributed by atoms with Crippen molar-refractivity contribution in [1.29, 1.82) is 0 Å². The van der Waals surface area contributed by atoms with Crippen molar-refractivity contribution in [2.24, 2.45) is 0 Å². The van der Waals surface area contributed by atoms with Crippen molar-refractivity contribution >= 4 is 23.0 Å². The Labute approximate surface area is 160 Å². The summed E-state index contributed by atoms with van der Waals surface area (Å²) in [5.41, 5.74) is 4.51. The number of pyridine rings is 1. The topological polar surface area (TPSA) is 45.2 Å². The third kappa shape index (κ3) is 4.53. The van der Waals surface area contributed by atoms with Gasteiger partial charge in [-0.1, -0.05) is 51.1 Å². The number of nitrogens with zero attached hydrogens (tertiary/aromatic N) is 2. The zero-order valence-electron chi connectivity index (χ0n) is 16.2. The molecule has 1 amide bonds. The van der Waals surface area contributed by atoms with Crippen molar-refractivity contribution in [3.05, 3.63) is 84.2 Å². The number of benzene rings is 2. The molecule has 3 rings (SSSR count). The zero-order chi connectivity index (χ0) is 19.4.